The maximum Gasteiger partial charge on any atom is 0.331 e. The summed E-state index contributed by atoms with van der Waals surface area (Å²) in [7, 11) is 1.76. The first-order chi connectivity index (χ1) is 12.6. The Morgan fingerprint density at radius 1 is 1.38 bits per heavy atom. The van der Waals surface area contributed by atoms with Gasteiger partial charge in [-0.1, -0.05) is 18.2 Å². The Kier molecular flexibility index (Phi) is 5.15. The molecule has 2 heterocycles. The lowest BCUT2D eigenvalue weighted by molar-refractivity contribution is -0.137. The summed E-state index contributed by atoms with van der Waals surface area (Å²) in [6, 6.07) is 13.1. The maximum absolute atomic E-state index is 11.8. The molecule has 0 aliphatic rings. The molecule has 0 unspecified atom stereocenters. The smallest absolute Gasteiger partial charge is 0.331 e. The van der Waals surface area contributed by atoms with Crippen LogP contribution in [0.1, 0.15) is 10.7 Å². The topological polar surface area (TPSA) is 88.1 Å². The van der Waals surface area contributed by atoms with Gasteiger partial charge in [-0.2, -0.15) is 5.26 Å². The van der Waals surface area contributed by atoms with Crippen LogP contribution >= 0.6 is 11.3 Å². The molecule has 26 heavy (non-hydrogen) atoms. The number of benzene rings is 1. The second-order valence-electron chi connectivity index (χ2n) is 5.37. The Morgan fingerprint density at radius 3 is 2.88 bits per heavy atom. The Labute approximate surface area is 153 Å². The number of aliphatic hydroxyl groups is 1. The summed E-state index contributed by atoms with van der Waals surface area (Å²) >= 11 is 1.49. The Hall–Kier alpha value is -3.37. The highest BCUT2D eigenvalue weighted by atomic mass is 32.1. The molecule has 3 aromatic rings. The number of para-hydroxylation sites is 2. The molecule has 2 aromatic heterocycles. The summed E-state index contributed by atoms with van der Waals surface area (Å²) in [4.78, 5) is 17.0. The molecule has 0 bridgehead atoms. The van der Waals surface area contributed by atoms with Crippen LogP contribution in [0.15, 0.2) is 53.6 Å². The van der Waals surface area contributed by atoms with Crippen LogP contribution in [0.25, 0.3) is 22.7 Å². The number of aromatic nitrogens is 2. The number of hydrogen-bond acceptors (Lipinski definition) is 6. The van der Waals surface area contributed by atoms with E-state index in [1.165, 1.54) is 17.4 Å². The van der Waals surface area contributed by atoms with Crippen molar-refractivity contribution in [2.45, 2.75) is 0 Å². The summed E-state index contributed by atoms with van der Waals surface area (Å²) in [5.74, 6) is -0.632. The average molecular weight is 365 g/mol. The highest BCUT2D eigenvalue weighted by molar-refractivity contribution is 7.10. The van der Waals surface area contributed by atoms with Crippen molar-refractivity contribution in [2.75, 3.05) is 6.61 Å². The predicted octanol–water partition coefficient (Wildman–Crippen LogP) is 3.68. The first-order valence-electron chi connectivity index (χ1n) is 7.72. The molecular weight excluding hydrogens is 350 g/mol. The van der Waals surface area contributed by atoms with Crippen LogP contribution in [-0.2, 0) is 16.6 Å². The van der Waals surface area contributed by atoms with Crippen molar-refractivity contribution in [3.05, 3.63) is 64.3 Å². The highest BCUT2D eigenvalue weighted by Crippen LogP contribution is 2.22. The van der Waals surface area contributed by atoms with E-state index in [4.69, 9.17) is 4.74 Å². The van der Waals surface area contributed by atoms with E-state index in [0.717, 1.165) is 10.4 Å². The van der Waals surface area contributed by atoms with E-state index in [2.05, 4.69) is 4.98 Å². The lowest BCUT2D eigenvalue weighted by atomic mass is 10.2. The molecule has 7 heteroatoms. The zero-order valence-electron chi connectivity index (χ0n) is 13.9. The summed E-state index contributed by atoms with van der Waals surface area (Å²) < 4.78 is 6.71. The third kappa shape index (κ3) is 3.66. The van der Waals surface area contributed by atoms with Crippen molar-refractivity contribution in [2.24, 2.45) is 7.05 Å². The standard InChI is InChI=1S/C19H15N3O3S/c1-22-16-7-3-2-6-15(16)21-19(22)14(11-20)17(23)12-25-18(24)9-8-13-5-4-10-26-13/h2-10,23H,12H2,1H3/b9-8+,17-14-. The van der Waals surface area contributed by atoms with Gasteiger partial charge in [-0.15, -0.1) is 11.3 Å². The van der Waals surface area contributed by atoms with Crippen molar-refractivity contribution in [3.8, 4) is 6.07 Å². The van der Waals surface area contributed by atoms with Crippen molar-refractivity contribution in [1.29, 1.82) is 5.26 Å². The van der Waals surface area contributed by atoms with E-state index >= 15 is 0 Å². The summed E-state index contributed by atoms with van der Waals surface area (Å²) in [6.07, 6.45) is 2.91. The summed E-state index contributed by atoms with van der Waals surface area (Å²) in [5, 5.41) is 21.5. The summed E-state index contributed by atoms with van der Waals surface area (Å²) in [6.45, 7) is -0.403. The van der Waals surface area contributed by atoms with Crippen LogP contribution < -0.4 is 0 Å². The molecular formula is C19H15N3O3S. The van der Waals surface area contributed by atoms with E-state index in [1.54, 1.807) is 17.7 Å². The Morgan fingerprint density at radius 2 is 2.19 bits per heavy atom. The molecule has 0 aliphatic carbocycles. The van der Waals surface area contributed by atoms with E-state index in [-0.39, 0.29) is 11.3 Å². The van der Waals surface area contributed by atoms with Crippen LogP contribution in [0.2, 0.25) is 0 Å². The van der Waals surface area contributed by atoms with Gasteiger partial charge < -0.3 is 14.4 Å². The number of esters is 1. The van der Waals surface area contributed by atoms with Gasteiger partial charge in [0.1, 0.15) is 18.2 Å². The molecule has 3 rings (SSSR count). The molecule has 0 saturated carbocycles. The van der Waals surface area contributed by atoms with Gasteiger partial charge >= 0.3 is 5.97 Å². The number of rotatable bonds is 5. The third-order valence-electron chi connectivity index (χ3n) is 3.69. The lowest BCUT2D eigenvalue weighted by Crippen LogP contribution is -2.07. The number of aliphatic hydroxyl groups excluding tert-OH is 1. The quantitative estimate of drug-likeness (QED) is 0.322. The van der Waals surface area contributed by atoms with Crippen LogP contribution in [0.3, 0.4) is 0 Å². The number of fused-ring (bicyclic) bond motifs is 1. The molecule has 0 amide bonds. The number of ether oxygens (including phenoxy) is 1. The minimum Gasteiger partial charge on any atom is -0.507 e. The van der Waals surface area contributed by atoms with Crippen molar-refractivity contribution < 1.29 is 14.6 Å². The Balaban J connectivity index is 1.77. The molecule has 0 fully saturated rings. The molecule has 0 aliphatic heterocycles. The van der Waals surface area contributed by atoms with E-state index in [1.807, 2.05) is 47.8 Å². The molecule has 1 N–H and O–H groups in total. The number of carbonyl (C=O) groups is 1. The van der Waals surface area contributed by atoms with Crippen LogP contribution in [0, 0.1) is 11.3 Å². The number of imidazole rings is 1. The highest BCUT2D eigenvalue weighted by Gasteiger charge is 2.17. The Bertz CT molecular complexity index is 1040. The average Bonchev–Trinajstić information content (AvgIpc) is 3.28. The lowest BCUT2D eigenvalue weighted by Gasteiger charge is -2.05. The molecule has 0 radical (unpaired) electrons. The monoisotopic (exact) mass is 365 g/mol. The molecule has 0 spiro atoms. The second kappa shape index (κ2) is 7.68. The zero-order valence-corrected chi connectivity index (χ0v) is 14.7. The minimum atomic E-state index is -0.604. The van der Waals surface area contributed by atoms with Crippen LogP contribution in [-0.4, -0.2) is 27.2 Å². The largest absolute Gasteiger partial charge is 0.507 e. The second-order valence-corrected chi connectivity index (χ2v) is 6.35. The van der Waals surface area contributed by atoms with Gasteiger partial charge in [-0.25, -0.2) is 9.78 Å². The van der Waals surface area contributed by atoms with E-state index in [9.17, 15) is 15.2 Å². The zero-order chi connectivity index (χ0) is 18.5. The number of carbonyl (C=O) groups excluding carboxylic acids is 1. The van der Waals surface area contributed by atoms with Gasteiger partial charge in [-0.05, 0) is 29.7 Å². The number of allylic oxidation sites excluding steroid dienone is 1. The van der Waals surface area contributed by atoms with Crippen LogP contribution in [0.5, 0.6) is 0 Å². The van der Waals surface area contributed by atoms with Gasteiger partial charge in [0.15, 0.2) is 11.6 Å². The minimum absolute atomic E-state index is 0.0289. The molecule has 1 aromatic carbocycles. The first kappa shape index (κ1) is 17.5. The number of thiophene rings is 1. The third-order valence-corrected chi connectivity index (χ3v) is 4.53. The summed E-state index contributed by atoms with van der Waals surface area (Å²) in [5.41, 5.74) is 1.51. The SMILES string of the molecule is Cn1c(/C(C#N)=C(\O)COC(=O)/C=C/c2cccs2)nc2ccccc21. The van der Waals surface area contributed by atoms with Crippen molar-refractivity contribution in [1.82, 2.24) is 9.55 Å². The fourth-order valence-corrected chi connectivity index (χ4v) is 3.03. The van der Waals surface area contributed by atoms with Gasteiger partial charge in [0.2, 0.25) is 0 Å². The fraction of sp³-hybridized carbons (Fsp3) is 0.105. The van der Waals surface area contributed by atoms with E-state index < -0.39 is 12.6 Å². The van der Waals surface area contributed by atoms with Gasteiger partial charge in [0.05, 0.1) is 11.0 Å². The van der Waals surface area contributed by atoms with Crippen molar-refractivity contribution in [3.63, 3.8) is 0 Å². The molecule has 130 valence electrons. The number of aryl methyl sites for hydroxylation is 1. The maximum atomic E-state index is 11.8. The number of nitrogens with zero attached hydrogens (tertiary/aromatic N) is 3. The van der Waals surface area contributed by atoms with Gasteiger partial charge in [0.25, 0.3) is 0 Å². The van der Waals surface area contributed by atoms with E-state index in [0.29, 0.717) is 11.3 Å². The molecule has 0 atom stereocenters. The first-order valence-corrected chi connectivity index (χ1v) is 8.60. The fourth-order valence-electron chi connectivity index (χ4n) is 2.41. The molecule has 6 nitrogen and oxygen atoms in total. The van der Waals surface area contributed by atoms with Crippen LogP contribution in [0.4, 0.5) is 0 Å². The van der Waals surface area contributed by atoms with Gasteiger partial charge in [-0.3, -0.25) is 0 Å². The van der Waals surface area contributed by atoms with Gasteiger partial charge in [0, 0.05) is 18.0 Å². The number of nitriles is 1. The van der Waals surface area contributed by atoms with Crippen molar-refractivity contribution >= 4 is 40.0 Å². The predicted molar refractivity (Wildman–Crippen MR) is 100 cm³/mol. The molecule has 0 saturated heterocycles. The normalized spacial score (nSPS) is 12.2. The number of hydrogen-bond donors (Lipinski definition) is 1.